The van der Waals surface area contributed by atoms with Gasteiger partial charge in [-0.15, -0.1) is 24.0 Å². The Kier molecular flexibility index (Phi) is 10.4. The molecule has 1 aliphatic carbocycles. The SMILES string of the molecule is CN(C)C(=O)CNC(=NCc1ccccn1)NCC1CCCCC1.I. The number of pyridine rings is 1. The summed E-state index contributed by atoms with van der Waals surface area (Å²) in [5.74, 6) is 1.41. The van der Waals surface area contributed by atoms with Gasteiger partial charge in [0.25, 0.3) is 0 Å². The summed E-state index contributed by atoms with van der Waals surface area (Å²) in [5.41, 5.74) is 0.912. The molecule has 1 amide bonds. The number of rotatable bonds is 6. The van der Waals surface area contributed by atoms with E-state index in [1.807, 2.05) is 18.2 Å². The highest BCUT2D eigenvalue weighted by Gasteiger charge is 2.14. The molecule has 0 unspecified atom stereocenters. The van der Waals surface area contributed by atoms with Crippen molar-refractivity contribution in [2.75, 3.05) is 27.2 Å². The quantitative estimate of drug-likeness (QED) is 0.390. The molecule has 1 heterocycles. The van der Waals surface area contributed by atoms with Gasteiger partial charge in [0.05, 0.1) is 18.8 Å². The van der Waals surface area contributed by atoms with Gasteiger partial charge in [0.2, 0.25) is 5.91 Å². The number of likely N-dealkylation sites (N-methyl/N-ethyl adjacent to an activating group) is 1. The third-order valence-electron chi connectivity index (χ3n) is 4.31. The van der Waals surface area contributed by atoms with E-state index in [1.165, 1.54) is 32.1 Å². The lowest BCUT2D eigenvalue weighted by Gasteiger charge is -2.23. The third kappa shape index (κ3) is 8.51. The highest BCUT2D eigenvalue weighted by atomic mass is 127. The zero-order valence-electron chi connectivity index (χ0n) is 15.2. The third-order valence-corrected chi connectivity index (χ3v) is 4.31. The van der Waals surface area contributed by atoms with Gasteiger partial charge in [-0.3, -0.25) is 9.78 Å². The lowest BCUT2D eigenvalue weighted by Crippen LogP contribution is -2.44. The lowest BCUT2D eigenvalue weighted by molar-refractivity contribution is -0.127. The molecular weight excluding hydrogens is 429 g/mol. The molecule has 1 fully saturated rings. The molecule has 0 aliphatic heterocycles. The molecule has 2 N–H and O–H groups in total. The van der Waals surface area contributed by atoms with Gasteiger partial charge in [0, 0.05) is 26.8 Å². The number of aromatic nitrogens is 1. The first-order chi connectivity index (χ1) is 11.6. The summed E-state index contributed by atoms with van der Waals surface area (Å²) in [4.78, 5) is 22.2. The van der Waals surface area contributed by atoms with Crippen molar-refractivity contribution in [1.29, 1.82) is 0 Å². The van der Waals surface area contributed by atoms with Crippen molar-refractivity contribution < 1.29 is 4.79 Å². The number of guanidine groups is 1. The molecule has 7 heteroatoms. The highest BCUT2D eigenvalue weighted by Crippen LogP contribution is 2.22. The van der Waals surface area contributed by atoms with Gasteiger partial charge >= 0.3 is 0 Å². The first kappa shape index (κ1) is 21.7. The number of amides is 1. The average Bonchev–Trinajstić information content (AvgIpc) is 2.62. The topological polar surface area (TPSA) is 69.6 Å². The number of halogens is 1. The summed E-state index contributed by atoms with van der Waals surface area (Å²) in [5, 5.41) is 6.52. The zero-order valence-corrected chi connectivity index (χ0v) is 17.5. The molecule has 0 saturated heterocycles. The molecular formula is C18H30IN5O. The van der Waals surface area contributed by atoms with Crippen molar-refractivity contribution in [2.24, 2.45) is 10.9 Å². The standard InChI is InChI=1S/C18H29N5O.HI/c1-23(2)17(24)14-22-18(20-12-15-8-4-3-5-9-15)21-13-16-10-6-7-11-19-16;/h6-7,10-11,15H,3-5,8-9,12-14H2,1-2H3,(H2,20,21,22);1H. The van der Waals surface area contributed by atoms with Crippen molar-refractivity contribution in [3.63, 3.8) is 0 Å². The van der Waals surface area contributed by atoms with Crippen LogP contribution in [0.2, 0.25) is 0 Å². The maximum absolute atomic E-state index is 11.8. The predicted molar refractivity (Wildman–Crippen MR) is 112 cm³/mol. The summed E-state index contributed by atoms with van der Waals surface area (Å²) in [6, 6.07) is 5.80. The minimum absolute atomic E-state index is 0. The van der Waals surface area contributed by atoms with Gasteiger partial charge < -0.3 is 15.5 Å². The Hall–Kier alpha value is -1.38. The Morgan fingerprint density at radius 2 is 2.00 bits per heavy atom. The van der Waals surface area contributed by atoms with E-state index in [-0.39, 0.29) is 36.4 Å². The second-order valence-corrected chi connectivity index (χ2v) is 6.51. The van der Waals surface area contributed by atoms with Crippen molar-refractivity contribution >= 4 is 35.8 Å². The number of hydrogen-bond acceptors (Lipinski definition) is 3. The number of hydrogen-bond donors (Lipinski definition) is 2. The zero-order chi connectivity index (χ0) is 17.2. The van der Waals surface area contributed by atoms with Crippen LogP contribution in [0.5, 0.6) is 0 Å². The molecule has 1 aromatic rings. The molecule has 1 aliphatic rings. The van der Waals surface area contributed by atoms with E-state index in [1.54, 1.807) is 25.2 Å². The Balaban J connectivity index is 0.00000312. The molecule has 0 atom stereocenters. The second kappa shape index (κ2) is 12.1. The van der Waals surface area contributed by atoms with Crippen LogP contribution in [0.1, 0.15) is 37.8 Å². The van der Waals surface area contributed by atoms with Crippen LogP contribution < -0.4 is 10.6 Å². The van der Waals surface area contributed by atoms with Crippen LogP contribution in [0.4, 0.5) is 0 Å². The average molecular weight is 459 g/mol. The van der Waals surface area contributed by atoms with E-state index in [0.29, 0.717) is 18.4 Å². The van der Waals surface area contributed by atoms with E-state index in [4.69, 9.17) is 0 Å². The fourth-order valence-electron chi connectivity index (χ4n) is 2.78. The number of nitrogens with one attached hydrogen (secondary N) is 2. The normalized spacial score (nSPS) is 15.2. The molecule has 0 radical (unpaired) electrons. The Morgan fingerprint density at radius 1 is 1.24 bits per heavy atom. The second-order valence-electron chi connectivity index (χ2n) is 6.51. The van der Waals surface area contributed by atoms with E-state index in [2.05, 4.69) is 20.6 Å². The Bertz CT molecular complexity index is 530. The molecule has 0 bridgehead atoms. The summed E-state index contributed by atoms with van der Waals surface area (Å²) in [6.07, 6.45) is 8.31. The Morgan fingerprint density at radius 3 is 2.64 bits per heavy atom. The summed E-state index contributed by atoms with van der Waals surface area (Å²) in [7, 11) is 3.51. The van der Waals surface area contributed by atoms with Gasteiger partial charge in [-0.2, -0.15) is 0 Å². The molecule has 6 nitrogen and oxygen atoms in total. The predicted octanol–water partition coefficient (Wildman–Crippen LogP) is 2.40. The van der Waals surface area contributed by atoms with Gasteiger partial charge in [-0.1, -0.05) is 25.3 Å². The van der Waals surface area contributed by atoms with Crippen LogP contribution in [0.15, 0.2) is 29.4 Å². The van der Waals surface area contributed by atoms with Crippen LogP contribution >= 0.6 is 24.0 Å². The first-order valence-corrected chi connectivity index (χ1v) is 8.77. The number of aliphatic imine (C=N–C) groups is 1. The molecule has 1 aromatic heterocycles. The summed E-state index contributed by atoms with van der Waals surface area (Å²) >= 11 is 0. The molecule has 25 heavy (non-hydrogen) atoms. The first-order valence-electron chi connectivity index (χ1n) is 8.77. The van der Waals surface area contributed by atoms with E-state index in [9.17, 15) is 4.79 Å². The van der Waals surface area contributed by atoms with Crippen molar-refractivity contribution in [1.82, 2.24) is 20.5 Å². The number of nitrogens with zero attached hydrogens (tertiary/aromatic N) is 3. The van der Waals surface area contributed by atoms with Gasteiger partial charge in [-0.25, -0.2) is 4.99 Å². The van der Waals surface area contributed by atoms with Crippen molar-refractivity contribution in [3.05, 3.63) is 30.1 Å². The molecule has 0 spiro atoms. The molecule has 1 saturated carbocycles. The van der Waals surface area contributed by atoms with Gasteiger partial charge in [0.1, 0.15) is 0 Å². The minimum Gasteiger partial charge on any atom is -0.356 e. The summed E-state index contributed by atoms with van der Waals surface area (Å²) < 4.78 is 0. The van der Waals surface area contributed by atoms with E-state index >= 15 is 0 Å². The summed E-state index contributed by atoms with van der Waals surface area (Å²) in [6.45, 7) is 1.65. The smallest absolute Gasteiger partial charge is 0.241 e. The van der Waals surface area contributed by atoms with Crippen LogP contribution in [-0.4, -0.2) is 48.9 Å². The van der Waals surface area contributed by atoms with Gasteiger partial charge in [-0.05, 0) is 30.9 Å². The number of carbonyl (C=O) groups is 1. The van der Waals surface area contributed by atoms with Crippen molar-refractivity contribution in [2.45, 2.75) is 38.6 Å². The van der Waals surface area contributed by atoms with Crippen LogP contribution in [0, 0.1) is 5.92 Å². The van der Waals surface area contributed by atoms with E-state index in [0.717, 1.165) is 12.2 Å². The van der Waals surface area contributed by atoms with Crippen molar-refractivity contribution in [3.8, 4) is 0 Å². The fraction of sp³-hybridized carbons (Fsp3) is 0.611. The van der Waals surface area contributed by atoms with Crippen LogP contribution in [0.25, 0.3) is 0 Å². The maximum Gasteiger partial charge on any atom is 0.241 e. The molecule has 2 rings (SSSR count). The fourth-order valence-corrected chi connectivity index (χ4v) is 2.78. The van der Waals surface area contributed by atoms with E-state index < -0.39 is 0 Å². The Labute approximate surface area is 167 Å². The molecule has 0 aromatic carbocycles. The van der Waals surface area contributed by atoms with Crippen LogP contribution in [-0.2, 0) is 11.3 Å². The minimum atomic E-state index is 0. The van der Waals surface area contributed by atoms with Gasteiger partial charge in [0.15, 0.2) is 5.96 Å². The highest BCUT2D eigenvalue weighted by molar-refractivity contribution is 14.0. The largest absolute Gasteiger partial charge is 0.356 e. The monoisotopic (exact) mass is 459 g/mol. The maximum atomic E-state index is 11.8. The molecule has 140 valence electrons. The van der Waals surface area contributed by atoms with Crippen LogP contribution in [0.3, 0.4) is 0 Å². The number of carbonyl (C=O) groups excluding carboxylic acids is 1. The lowest BCUT2D eigenvalue weighted by atomic mass is 9.89.